The van der Waals surface area contributed by atoms with E-state index < -0.39 is 0 Å². The monoisotopic (exact) mass is 654 g/mol. The van der Waals surface area contributed by atoms with E-state index in [1.54, 1.807) is 0 Å². The summed E-state index contributed by atoms with van der Waals surface area (Å²) in [5, 5.41) is 4.37. The normalized spacial score (nSPS) is 11.5. The Morgan fingerprint density at radius 1 is 0.431 bits per heavy atom. The van der Waals surface area contributed by atoms with E-state index in [4.69, 9.17) is 13.8 Å². The maximum atomic E-state index is 6.77. The Morgan fingerprint density at radius 2 is 1.08 bits per heavy atom. The molecule has 2 heterocycles. The first-order chi connectivity index (χ1) is 25.3. The van der Waals surface area contributed by atoms with Crippen LogP contribution in [0.3, 0.4) is 0 Å². The summed E-state index contributed by atoms with van der Waals surface area (Å²) >= 11 is 0. The van der Waals surface area contributed by atoms with Crippen LogP contribution in [0.4, 0.5) is 17.1 Å². The van der Waals surface area contributed by atoms with Crippen molar-refractivity contribution in [2.45, 2.75) is 0 Å². The Balaban J connectivity index is 1.18. The van der Waals surface area contributed by atoms with E-state index in [0.29, 0.717) is 5.89 Å². The number of benzene rings is 8. The molecular weight excluding hydrogens is 625 g/mol. The second kappa shape index (κ2) is 11.9. The van der Waals surface area contributed by atoms with Crippen molar-refractivity contribution >= 4 is 60.9 Å². The van der Waals surface area contributed by atoms with Crippen LogP contribution in [-0.2, 0) is 0 Å². The Morgan fingerprint density at radius 3 is 1.92 bits per heavy atom. The molecule has 0 bridgehead atoms. The van der Waals surface area contributed by atoms with Crippen LogP contribution in [0.2, 0.25) is 0 Å². The highest BCUT2D eigenvalue weighted by Crippen LogP contribution is 2.45. The van der Waals surface area contributed by atoms with Gasteiger partial charge < -0.3 is 13.7 Å². The number of anilines is 3. The lowest BCUT2D eigenvalue weighted by Crippen LogP contribution is -2.10. The van der Waals surface area contributed by atoms with Gasteiger partial charge in [-0.2, -0.15) is 0 Å². The van der Waals surface area contributed by atoms with Crippen LogP contribution in [0.1, 0.15) is 0 Å². The lowest BCUT2D eigenvalue weighted by atomic mass is 9.97. The van der Waals surface area contributed by atoms with Crippen LogP contribution in [0.25, 0.3) is 77.5 Å². The van der Waals surface area contributed by atoms with Crippen molar-refractivity contribution in [1.82, 2.24) is 4.98 Å². The van der Waals surface area contributed by atoms with Crippen molar-refractivity contribution in [1.29, 1.82) is 0 Å². The second-order valence-corrected chi connectivity index (χ2v) is 12.8. The maximum absolute atomic E-state index is 6.77. The van der Waals surface area contributed by atoms with Crippen molar-refractivity contribution in [3.05, 3.63) is 182 Å². The minimum atomic E-state index is 0.592. The molecule has 0 unspecified atom stereocenters. The Kier molecular flexibility index (Phi) is 6.78. The number of oxazole rings is 1. The van der Waals surface area contributed by atoms with E-state index in [1.165, 1.54) is 21.9 Å². The summed E-state index contributed by atoms with van der Waals surface area (Å²) < 4.78 is 13.0. The summed E-state index contributed by atoms with van der Waals surface area (Å²) in [4.78, 5) is 7.29. The van der Waals surface area contributed by atoms with Crippen molar-refractivity contribution in [3.63, 3.8) is 0 Å². The van der Waals surface area contributed by atoms with E-state index in [-0.39, 0.29) is 0 Å². The fourth-order valence-electron chi connectivity index (χ4n) is 7.29. The van der Waals surface area contributed by atoms with Crippen LogP contribution < -0.4 is 4.90 Å². The molecule has 2 aromatic heterocycles. The first kappa shape index (κ1) is 29.0. The maximum Gasteiger partial charge on any atom is 0.227 e. The summed E-state index contributed by atoms with van der Waals surface area (Å²) in [5.41, 5.74) is 11.7. The summed E-state index contributed by atoms with van der Waals surface area (Å²) in [5.74, 6) is 0.592. The van der Waals surface area contributed by atoms with Gasteiger partial charge in [-0.05, 0) is 87.6 Å². The molecule has 0 saturated heterocycles. The molecule has 0 atom stereocenters. The first-order valence-corrected chi connectivity index (χ1v) is 17.1. The molecule has 0 spiro atoms. The van der Waals surface area contributed by atoms with Gasteiger partial charge in [-0.25, -0.2) is 4.98 Å². The molecule has 4 heteroatoms. The van der Waals surface area contributed by atoms with Gasteiger partial charge in [0, 0.05) is 22.3 Å². The highest BCUT2D eigenvalue weighted by atomic mass is 16.4. The minimum Gasteiger partial charge on any atom is -0.454 e. The fourth-order valence-corrected chi connectivity index (χ4v) is 7.29. The average molecular weight is 655 g/mol. The number of hydrogen-bond donors (Lipinski definition) is 0. The van der Waals surface area contributed by atoms with Crippen LogP contribution in [0.5, 0.6) is 0 Å². The van der Waals surface area contributed by atoms with Gasteiger partial charge in [-0.15, -0.1) is 0 Å². The van der Waals surface area contributed by atoms with E-state index in [1.807, 2.05) is 48.5 Å². The zero-order chi connectivity index (χ0) is 33.7. The molecule has 0 fully saturated rings. The van der Waals surface area contributed by atoms with Gasteiger partial charge in [0.25, 0.3) is 0 Å². The van der Waals surface area contributed by atoms with Crippen LogP contribution in [0.15, 0.2) is 191 Å². The lowest BCUT2D eigenvalue weighted by Gasteiger charge is -2.26. The number of nitrogens with zero attached hydrogens (tertiary/aromatic N) is 2. The third kappa shape index (κ3) is 4.96. The molecule has 240 valence electrons. The van der Waals surface area contributed by atoms with E-state index in [2.05, 4.69) is 138 Å². The number of para-hydroxylation sites is 1. The SMILES string of the molecule is c1ccc(-c2ccc(N(c3cccc(-c4cccc5ccccc45)c3)c3cccc4c3oc3ccc5oc(-c6ccccc6)nc5c34)cc2)cc1. The smallest absolute Gasteiger partial charge is 0.227 e. The standard InChI is InChI=1S/C47H30N2O2/c1-3-12-31(13-4-1)32-24-26-36(27-25-32)49(37-19-9-18-35(30-37)39-21-10-17-33-14-7-8-20-38(33)39)41-23-11-22-40-44-42(50-46(40)41)28-29-43-45(44)48-47(51-43)34-15-5-2-6-16-34/h1-30H. The molecule has 4 nitrogen and oxygen atoms in total. The fraction of sp³-hybridized carbons (Fsp3) is 0. The molecule has 0 aliphatic heterocycles. The van der Waals surface area contributed by atoms with Gasteiger partial charge in [-0.3, -0.25) is 0 Å². The van der Waals surface area contributed by atoms with Crippen LogP contribution in [0, 0.1) is 0 Å². The van der Waals surface area contributed by atoms with Gasteiger partial charge in [0.15, 0.2) is 11.2 Å². The van der Waals surface area contributed by atoms with Gasteiger partial charge in [0.2, 0.25) is 5.89 Å². The molecule has 0 amide bonds. The molecule has 0 aliphatic rings. The number of rotatable bonds is 6. The number of hydrogen-bond acceptors (Lipinski definition) is 4. The summed E-state index contributed by atoms with van der Waals surface area (Å²) in [6.07, 6.45) is 0. The highest BCUT2D eigenvalue weighted by molar-refractivity contribution is 6.19. The zero-order valence-electron chi connectivity index (χ0n) is 27.5. The minimum absolute atomic E-state index is 0.592. The van der Waals surface area contributed by atoms with E-state index >= 15 is 0 Å². The van der Waals surface area contributed by atoms with E-state index in [9.17, 15) is 0 Å². The first-order valence-electron chi connectivity index (χ1n) is 17.1. The molecule has 51 heavy (non-hydrogen) atoms. The topological polar surface area (TPSA) is 42.4 Å². The highest BCUT2D eigenvalue weighted by Gasteiger charge is 2.22. The molecule has 0 saturated carbocycles. The second-order valence-electron chi connectivity index (χ2n) is 12.8. The van der Waals surface area contributed by atoms with Crippen molar-refractivity contribution in [2.24, 2.45) is 0 Å². The predicted octanol–water partition coefficient (Wildman–Crippen LogP) is 13.4. The Bertz CT molecular complexity index is 2850. The van der Waals surface area contributed by atoms with Crippen LogP contribution in [-0.4, -0.2) is 4.98 Å². The van der Waals surface area contributed by atoms with Gasteiger partial charge in [0.05, 0.1) is 11.1 Å². The van der Waals surface area contributed by atoms with Crippen molar-refractivity contribution in [3.8, 4) is 33.7 Å². The Labute approximate surface area is 294 Å². The summed E-state index contributed by atoms with van der Waals surface area (Å²) in [6, 6.07) is 63.4. The molecule has 0 N–H and O–H groups in total. The lowest BCUT2D eigenvalue weighted by molar-refractivity contribution is 0.619. The third-order valence-electron chi connectivity index (χ3n) is 9.70. The quantitative estimate of drug-likeness (QED) is 0.179. The Hall–Kier alpha value is -6.91. The molecule has 10 rings (SSSR count). The number of furan rings is 1. The van der Waals surface area contributed by atoms with E-state index in [0.717, 1.165) is 66.8 Å². The molecule has 8 aromatic carbocycles. The zero-order valence-corrected chi connectivity index (χ0v) is 27.5. The number of fused-ring (bicyclic) bond motifs is 6. The van der Waals surface area contributed by atoms with Crippen molar-refractivity contribution in [2.75, 3.05) is 4.90 Å². The van der Waals surface area contributed by atoms with Crippen molar-refractivity contribution < 1.29 is 8.83 Å². The largest absolute Gasteiger partial charge is 0.454 e. The molecular formula is C47H30N2O2. The molecule has 10 aromatic rings. The molecule has 0 aliphatic carbocycles. The van der Waals surface area contributed by atoms with Crippen LogP contribution >= 0.6 is 0 Å². The molecule has 0 radical (unpaired) electrons. The number of aromatic nitrogens is 1. The van der Waals surface area contributed by atoms with Gasteiger partial charge in [0.1, 0.15) is 11.1 Å². The van der Waals surface area contributed by atoms with Gasteiger partial charge in [-0.1, -0.05) is 127 Å². The third-order valence-corrected chi connectivity index (χ3v) is 9.70. The van der Waals surface area contributed by atoms with Gasteiger partial charge >= 0.3 is 0 Å². The summed E-state index contributed by atoms with van der Waals surface area (Å²) in [6.45, 7) is 0. The predicted molar refractivity (Wildman–Crippen MR) is 210 cm³/mol. The summed E-state index contributed by atoms with van der Waals surface area (Å²) in [7, 11) is 0. The average Bonchev–Trinajstić information content (AvgIpc) is 3.81.